The lowest BCUT2D eigenvalue weighted by molar-refractivity contribution is 0.599. The molecular formula is C15H18N4O2S3. The minimum Gasteiger partial charge on any atom is -0.253 e. The molecule has 0 saturated carbocycles. The van der Waals surface area contributed by atoms with E-state index in [1.165, 1.54) is 11.8 Å². The van der Waals surface area contributed by atoms with Gasteiger partial charge in [0, 0.05) is 0 Å². The molecule has 2 aromatic rings. The molecule has 6 nitrogen and oxygen atoms in total. The Kier molecular flexibility index (Phi) is 5.52. The molecule has 0 saturated heterocycles. The third-order valence-electron chi connectivity index (χ3n) is 4.09. The number of sulfonamides is 1. The highest BCUT2D eigenvalue weighted by atomic mass is 32.2. The van der Waals surface area contributed by atoms with Crippen molar-refractivity contribution in [3.8, 4) is 6.07 Å². The molecule has 0 radical (unpaired) electrons. The highest BCUT2D eigenvalue weighted by Gasteiger charge is 2.25. The monoisotopic (exact) mass is 382 g/mol. The van der Waals surface area contributed by atoms with Crippen LogP contribution in [0.1, 0.15) is 27.8 Å². The highest BCUT2D eigenvalue weighted by Crippen LogP contribution is 2.32. The molecule has 1 aromatic carbocycles. The van der Waals surface area contributed by atoms with Crippen LogP contribution in [-0.4, -0.2) is 24.4 Å². The molecule has 1 aromatic heterocycles. The number of benzene rings is 1. The summed E-state index contributed by atoms with van der Waals surface area (Å²) >= 11 is 2.34. The topological polar surface area (TPSA) is 95.7 Å². The lowest BCUT2D eigenvalue weighted by Gasteiger charge is -2.18. The maximum Gasteiger partial charge on any atom is 0.264 e. The Morgan fingerprint density at radius 3 is 2.12 bits per heavy atom. The minimum absolute atomic E-state index is 0.199. The summed E-state index contributed by atoms with van der Waals surface area (Å²) < 4.78 is 28.8. The fraction of sp³-hybridized carbons (Fsp3) is 0.400. The molecule has 9 heteroatoms. The molecule has 24 heavy (non-hydrogen) atoms. The average Bonchev–Trinajstić information content (AvgIpc) is 2.95. The molecule has 0 atom stereocenters. The van der Waals surface area contributed by atoms with Gasteiger partial charge in [0.1, 0.15) is 0 Å². The first-order valence-electron chi connectivity index (χ1n) is 7.12. The smallest absolute Gasteiger partial charge is 0.253 e. The van der Waals surface area contributed by atoms with Crippen molar-refractivity contribution in [3.05, 3.63) is 27.8 Å². The van der Waals surface area contributed by atoms with E-state index in [0.29, 0.717) is 9.24 Å². The molecule has 0 bridgehead atoms. The van der Waals surface area contributed by atoms with Crippen LogP contribution in [0, 0.1) is 45.9 Å². The molecule has 1 heterocycles. The zero-order valence-electron chi connectivity index (χ0n) is 14.1. The molecule has 0 aliphatic carbocycles. The summed E-state index contributed by atoms with van der Waals surface area (Å²) in [6, 6.07) is 2.00. The fourth-order valence-corrected chi connectivity index (χ4v) is 5.68. The van der Waals surface area contributed by atoms with Gasteiger partial charge in [-0.25, -0.2) is 8.42 Å². The van der Waals surface area contributed by atoms with Crippen LogP contribution in [-0.2, 0) is 10.0 Å². The number of anilines is 1. The number of nitrogens with one attached hydrogen (secondary N) is 1. The van der Waals surface area contributed by atoms with Crippen molar-refractivity contribution >= 4 is 38.3 Å². The van der Waals surface area contributed by atoms with Gasteiger partial charge in [0.15, 0.2) is 4.34 Å². The molecule has 1 N–H and O–H groups in total. The number of hydrogen-bond donors (Lipinski definition) is 1. The van der Waals surface area contributed by atoms with Crippen molar-refractivity contribution in [1.82, 2.24) is 10.2 Å². The van der Waals surface area contributed by atoms with Crippen molar-refractivity contribution in [3.63, 3.8) is 0 Å². The highest BCUT2D eigenvalue weighted by molar-refractivity contribution is 8.01. The third kappa shape index (κ3) is 3.55. The predicted octanol–water partition coefficient (Wildman–Crippen LogP) is 3.50. The van der Waals surface area contributed by atoms with Crippen LogP contribution in [0.15, 0.2) is 9.24 Å². The molecule has 0 spiro atoms. The van der Waals surface area contributed by atoms with E-state index in [1.807, 2.05) is 40.7 Å². The van der Waals surface area contributed by atoms with Crippen molar-refractivity contribution in [2.24, 2.45) is 0 Å². The second-order valence-electron chi connectivity index (χ2n) is 5.38. The minimum atomic E-state index is -3.76. The summed E-state index contributed by atoms with van der Waals surface area (Å²) in [5, 5.41) is 16.5. The van der Waals surface area contributed by atoms with E-state index in [0.717, 1.165) is 39.2 Å². The first kappa shape index (κ1) is 18.7. The maximum atomic E-state index is 12.9. The summed E-state index contributed by atoms with van der Waals surface area (Å²) in [5.41, 5.74) is 4.54. The van der Waals surface area contributed by atoms with Gasteiger partial charge in [-0.3, -0.25) is 4.72 Å². The lowest BCUT2D eigenvalue weighted by atomic mass is 9.95. The van der Waals surface area contributed by atoms with Gasteiger partial charge in [0.05, 0.1) is 16.7 Å². The molecule has 128 valence electrons. The molecule has 0 amide bonds. The summed E-state index contributed by atoms with van der Waals surface area (Å²) in [7, 11) is -3.76. The zero-order valence-corrected chi connectivity index (χ0v) is 16.5. The van der Waals surface area contributed by atoms with Crippen molar-refractivity contribution in [1.29, 1.82) is 5.26 Å². The number of rotatable bonds is 5. The van der Waals surface area contributed by atoms with Gasteiger partial charge >= 0.3 is 0 Å². The van der Waals surface area contributed by atoms with Crippen LogP contribution in [0.5, 0.6) is 0 Å². The van der Waals surface area contributed by atoms with Gasteiger partial charge < -0.3 is 0 Å². The standard InChI is InChI=1S/C15H18N4O2S3/c1-8-9(2)11(4)13(12(5)10(8)3)24(20,21)19-14-17-18-15(23-14)22-7-6-16/h7H2,1-5H3,(H,17,19). The lowest BCUT2D eigenvalue weighted by Crippen LogP contribution is -2.17. The Bertz CT molecular complexity index is 898. The van der Waals surface area contributed by atoms with E-state index in [1.54, 1.807) is 0 Å². The Morgan fingerprint density at radius 1 is 1.04 bits per heavy atom. The second kappa shape index (κ2) is 7.09. The van der Waals surface area contributed by atoms with Crippen LogP contribution < -0.4 is 4.72 Å². The van der Waals surface area contributed by atoms with Crippen molar-refractivity contribution in [2.45, 2.75) is 43.9 Å². The van der Waals surface area contributed by atoms with Crippen LogP contribution in [0.25, 0.3) is 0 Å². The predicted molar refractivity (Wildman–Crippen MR) is 97.2 cm³/mol. The summed E-state index contributed by atoms with van der Waals surface area (Å²) in [6.45, 7) is 9.49. The van der Waals surface area contributed by atoms with Crippen LogP contribution in [0.3, 0.4) is 0 Å². The Hall–Kier alpha value is -1.63. The maximum absolute atomic E-state index is 12.9. The van der Waals surface area contributed by atoms with Gasteiger partial charge in [-0.1, -0.05) is 23.1 Å². The van der Waals surface area contributed by atoms with E-state index < -0.39 is 10.0 Å². The summed E-state index contributed by atoms with van der Waals surface area (Å²) in [6.07, 6.45) is 0. The van der Waals surface area contributed by atoms with Gasteiger partial charge in [0.2, 0.25) is 5.13 Å². The number of nitriles is 1. The van der Waals surface area contributed by atoms with E-state index in [4.69, 9.17) is 5.26 Å². The fourth-order valence-electron chi connectivity index (χ4n) is 2.44. The van der Waals surface area contributed by atoms with Crippen molar-refractivity contribution in [2.75, 3.05) is 10.5 Å². The number of hydrogen-bond acceptors (Lipinski definition) is 7. The molecule has 0 aliphatic rings. The quantitative estimate of drug-likeness (QED) is 0.795. The van der Waals surface area contributed by atoms with Gasteiger partial charge in [-0.2, -0.15) is 5.26 Å². The first-order valence-corrected chi connectivity index (χ1v) is 10.4. The zero-order chi connectivity index (χ0) is 18.1. The summed E-state index contributed by atoms with van der Waals surface area (Å²) in [4.78, 5) is 0.296. The van der Waals surface area contributed by atoms with Crippen LogP contribution in [0.2, 0.25) is 0 Å². The number of thioether (sulfide) groups is 1. The number of nitrogens with zero attached hydrogens (tertiary/aromatic N) is 3. The van der Waals surface area contributed by atoms with E-state index in [-0.39, 0.29) is 10.9 Å². The van der Waals surface area contributed by atoms with Crippen molar-refractivity contribution < 1.29 is 8.42 Å². The first-order chi connectivity index (χ1) is 11.2. The second-order valence-corrected chi connectivity index (χ2v) is 9.20. The van der Waals surface area contributed by atoms with E-state index in [9.17, 15) is 8.42 Å². The van der Waals surface area contributed by atoms with E-state index in [2.05, 4.69) is 14.9 Å². The number of aromatic nitrogens is 2. The van der Waals surface area contributed by atoms with E-state index >= 15 is 0 Å². The SMILES string of the molecule is Cc1c(C)c(C)c(S(=O)(=O)Nc2nnc(SCC#N)s2)c(C)c1C. The largest absolute Gasteiger partial charge is 0.264 e. The Labute approximate surface area is 150 Å². The summed E-state index contributed by atoms with van der Waals surface area (Å²) in [5.74, 6) is 0.246. The van der Waals surface area contributed by atoms with Gasteiger partial charge in [-0.15, -0.1) is 10.2 Å². The molecule has 2 rings (SSSR count). The molecule has 0 fully saturated rings. The van der Waals surface area contributed by atoms with Gasteiger partial charge in [-0.05, 0) is 62.4 Å². The van der Waals surface area contributed by atoms with Crippen LogP contribution in [0.4, 0.5) is 5.13 Å². The van der Waals surface area contributed by atoms with Gasteiger partial charge in [0.25, 0.3) is 10.0 Å². The average molecular weight is 383 g/mol. The Balaban J connectivity index is 2.42. The third-order valence-corrected chi connectivity index (χ3v) is 7.67. The molecule has 0 unspecified atom stereocenters. The molecule has 0 aliphatic heterocycles. The Morgan fingerprint density at radius 2 is 1.58 bits per heavy atom. The van der Waals surface area contributed by atoms with Crippen LogP contribution >= 0.6 is 23.1 Å². The normalized spacial score (nSPS) is 11.3. The molecular weight excluding hydrogens is 364 g/mol.